The van der Waals surface area contributed by atoms with E-state index in [0.717, 1.165) is 44.6 Å². The Morgan fingerprint density at radius 2 is 1.77 bits per heavy atom. The van der Waals surface area contributed by atoms with Crippen LogP contribution in [0.25, 0.3) is 0 Å². The number of carboxylic acids is 1. The van der Waals surface area contributed by atoms with Gasteiger partial charge in [-0.3, -0.25) is 4.79 Å². The summed E-state index contributed by atoms with van der Waals surface area (Å²) < 4.78 is 0. The van der Waals surface area contributed by atoms with Crippen molar-refractivity contribution in [3.63, 3.8) is 0 Å². The second-order valence-corrected chi connectivity index (χ2v) is 11.4. The van der Waals surface area contributed by atoms with Crippen LogP contribution in [0.5, 0.6) is 0 Å². The van der Waals surface area contributed by atoms with Crippen LogP contribution >= 0.6 is 0 Å². The Morgan fingerprint density at radius 1 is 1.10 bits per heavy atom. The van der Waals surface area contributed by atoms with Gasteiger partial charge in [0.25, 0.3) is 5.97 Å². The maximum Gasteiger partial charge on any atom is 0.300 e. The van der Waals surface area contributed by atoms with Gasteiger partial charge in [-0.2, -0.15) is 0 Å². The van der Waals surface area contributed by atoms with E-state index < -0.39 is 5.97 Å². The molecule has 0 unspecified atom stereocenters. The molecule has 0 aromatic carbocycles. The minimum Gasteiger partial charge on any atom is -0.481 e. The maximum atomic E-state index is 10.2. The van der Waals surface area contributed by atoms with Crippen molar-refractivity contribution in [3.8, 4) is 0 Å². The number of fused-ring (bicyclic) bond motifs is 1. The summed E-state index contributed by atoms with van der Waals surface area (Å²) in [5, 5.41) is 31.6. The molecule has 0 radical (unpaired) electrons. The largest absolute Gasteiger partial charge is 0.481 e. The van der Waals surface area contributed by atoms with E-state index in [2.05, 4.69) is 25.7 Å². The summed E-state index contributed by atoms with van der Waals surface area (Å²) >= 11 is 0. The first-order valence-corrected chi connectivity index (χ1v) is 12.5. The quantitative estimate of drug-likeness (QED) is 0.469. The van der Waals surface area contributed by atoms with E-state index in [1.165, 1.54) is 50.6 Å². The van der Waals surface area contributed by atoms with Crippen LogP contribution in [-0.4, -0.2) is 47.1 Å². The molecule has 178 valence electrons. The number of rotatable bonds is 6. The van der Waals surface area contributed by atoms with E-state index in [-0.39, 0.29) is 24.0 Å². The molecule has 4 aliphatic rings. The molecule has 0 bridgehead atoms. The van der Waals surface area contributed by atoms with Crippen LogP contribution in [0.4, 0.5) is 0 Å². The Bertz CT molecular complexity index is 643. The Hall–Kier alpha value is -0.910. The molecule has 4 fully saturated rings. The second-order valence-electron chi connectivity index (χ2n) is 11.4. The van der Waals surface area contributed by atoms with Crippen LogP contribution in [0, 0.1) is 40.4 Å². The number of aliphatic carboxylic acids is 1. The van der Waals surface area contributed by atoms with Gasteiger partial charge >= 0.3 is 0 Å². The van der Waals surface area contributed by atoms with Gasteiger partial charge in [0.1, 0.15) is 0 Å². The molecule has 31 heavy (non-hydrogen) atoms. The van der Waals surface area contributed by atoms with E-state index >= 15 is 0 Å². The van der Waals surface area contributed by atoms with Gasteiger partial charge in [-0.05, 0) is 111 Å². The number of allylic oxidation sites excluding steroid dienone is 1. The summed E-state index contributed by atoms with van der Waals surface area (Å²) in [7, 11) is 0. The smallest absolute Gasteiger partial charge is 0.300 e. The number of aliphatic hydroxyl groups is 2. The highest BCUT2D eigenvalue weighted by atomic mass is 16.4. The van der Waals surface area contributed by atoms with Gasteiger partial charge in [0, 0.05) is 13.5 Å². The molecule has 5 heteroatoms. The van der Waals surface area contributed by atoms with Gasteiger partial charge in [0.2, 0.25) is 0 Å². The lowest BCUT2D eigenvalue weighted by atomic mass is 9.49. The fraction of sp³-hybridized carbons (Fsp3) is 0.885. The molecule has 0 aromatic rings. The summed E-state index contributed by atoms with van der Waals surface area (Å²) in [5.74, 6) is 2.39. The van der Waals surface area contributed by atoms with Crippen molar-refractivity contribution in [2.75, 3.05) is 19.7 Å². The van der Waals surface area contributed by atoms with E-state index in [1.54, 1.807) is 0 Å². The van der Waals surface area contributed by atoms with Crippen molar-refractivity contribution in [1.29, 1.82) is 0 Å². The first kappa shape index (κ1) is 24.7. The van der Waals surface area contributed by atoms with Crippen molar-refractivity contribution in [2.24, 2.45) is 40.4 Å². The zero-order valence-electron chi connectivity index (χ0n) is 19.9. The van der Waals surface area contributed by atoms with Gasteiger partial charge < -0.3 is 20.6 Å². The lowest BCUT2D eigenvalue weighted by Crippen LogP contribution is -2.53. The highest BCUT2D eigenvalue weighted by Crippen LogP contribution is 2.63. The standard InChI is InChI=1S/C24H41NO2.C2H4O2/c1-16-4-7-21-20(14-25-13-17-5-6-17)22(9-11-23(16,21)2)24(3)10-8-19(27)12-18(24)15-26;1-2(3)4/h17-22,25-27H,1,4-15H2,2-3H3;1H3,(H,3,4)/t18-,19+,20+,21+,22+,23-,24+;/m1./s1. The second kappa shape index (κ2) is 9.93. The molecule has 0 saturated heterocycles. The number of nitrogens with one attached hydrogen (secondary N) is 1. The van der Waals surface area contributed by atoms with Crippen molar-refractivity contribution >= 4 is 5.97 Å². The molecule has 0 aliphatic heterocycles. The van der Waals surface area contributed by atoms with Crippen molar-refractivity contribution in [1.82, 2.24) is 5.32 Å². The monoisotopic (exact) mass is 435 g/mol. The van der Waals surface area contributed by atoms with E-state index in [1.807, 2.05) is 0 Å². The van der Waals surface area contributed by atoms with Crippen molar-refractivity contribution < 1.29 is 20.1 Å². The molecule has 4 N–H and O–H groups in total. The number of carboxylic acid groups (broad SMARTS) is 1. The SMILES string of the molecule is C=C1CC[C@H]2[C@H](CNCC3CC3)[C@@H]([C@@]3(C)CC[C@H](O)C[C@@H]3CO)CC[C@]12C.CC(=O)O. The number of aliphatic hydroxyl groups excluding tert-OH is 2. The molecular formula is C26H45NO4. The average Bonchev–Trinajstić information content (AvgIpc) is 3.47. The van der Waals surface area contributed by atoms with Gasteiger partial charge in [-0.15, -0.1) is 0 Å². The Morgan fingerprint density at radius 3 is 2.39 bits per heavy atom. The maximum absolute atomic E-state index is 10.2. The molecule has 0 aromatic heterocycles. The zero-order chi connectivity index (χ0) is 22.8. The average molecular weight is 436 g/mol. The van der Waals surface area contributed by atoms with Crippen LogP contribution in [0.3, 0.4) is 0 Å². The van der Waals surface area contributed by atoms with Crippen LogP contribution in [0.2, 0.25) is 0 Å². The van der Waals surface area contributed by atoms with Crippen LogP contribution in [0.1, 0.15) is 78.6 Å². The fourth-order valence-corrected chi connectivity index (χ4v) is 7.24. The summed E-state index contributed by atoms with van der Waals surface area (Å²) in [4.78, 5) is 9.00. The fourth-order valence-electron chi connectivity index (χ4n) is 7.24. The normalized spacial score (nSPS) is 42.5. The molecule has 5 nitrogen and oxygen atoms in total. The van der Waals surface area contributed by atoms with Gasteiger partial charge in [0.15, 0.2) is 0 Å². The first-order chi connectivity index (χ1) is 14.6. The highest BCUT2D eigenvalue weighted by molar-refractivity contribution is 5.62. The lowest BCUT2D eigenvalue weighted by molar-refractivity contribution is -0.134. The first-order valence-electron chi connectivity index (χ1n) is 12.5. The Balaban J connectivity index is 0.000000628. The molecule has 0 spiro atoms. The van der Waals surface area contributed by atoms with Gasteiger partial charge in [-0.1, -0.05) is 26.0 Å². The number of hydrogen-bond donors (Lipinski definition) is 4. The predicted octanol–water partition coefficient (Wildman–Crippen LogP) is 4.24. The summed E-state index contributed by atoms with van der Waals surface area (Å²) in [5.41, 5.74) is 1.97. The highest BCUT2D eigenvalue weighted by Gasteiger charge is 2.56. The summed E-state index contributed by atoms with van der Waals surface area (Å²) in [6, 6.07) is 0. The third-order valence-corrected chi connectivity index (χ3v) is 9.47. The predicted molar refractivity (Wildman–Crippen MR) is 124 cm³/mol. The third kappa shape index (κ3) is 5.36. The molecule has 4 saturated carbocycles. The molecule has 4 aliphatic carbocycles. The van der Waals surface area contributed by atoms with Crippen LogP contribution in [-0.2, 0) is 4.79 Å². The summed E-state index contributed by atoms with van der Waals surface area (Å²) in [6.45, 7) is 13.0. The zero-order valence-corrected chi connectivity index (χ0v) is 19.9. The number of carbonyl (C=O) groups is 1. The van der Waals surface area contributed by atoms with Crippen molar-refractivity contribution in [2.45, 2.75) is 84.7 Å². The molecule has 7 atom stereocenters. The van der Waals surface area contributed by atoms with E-state index in [0.29, 0.717) is 17.3 Å². The Labute approximate surface area is 188 Å². The van der Waals surface area contributed by atoms with Gasteiger partial charge in [-0.25, -0.2) is 0 Å². The lowest BCUT2D eigenvalue weighted by Gasteiger charge is -2.56. The van der Waals surface area contributed by atoms with Gasteiger partial charge in [0.05, 0.1) is 6.10 Å². The minimum absolute atomic E-state index is 0.158. The minimum atomic E-state index is -0.833. The van der Waals surface area contributed by atoms with Crippen molar-refractivity contribution in [3.05, 3.63) is 12.2 Å². The molecular weight excluding hydrogens is 390 g/mol. The van der Waals surface area contributed by atoms with Crippen LogP contribution in [0.15, 0.2) is 12.2 Å². The van der Waals surface area contributed by atoms with E-state index in [4.69, 9.17) is 9.90 Å². The molecule has 4 rings (SSSR count). The number of hydrogen-bond acceptors (Lipinski definition) is 4. The van der Waals surface area contributed by atoms with E-state index in [9.17, 15) is 10.2 Å². The molecule has 0 amide bonds. The Kier molecular flexibility index (Phi) is 7.92. The molecule has 0 heterocycles. The van der Waals surface area contributed by atoms with Crippen LogP contribution < -0.4 is 5.32 Å². The topological polar surface area (TPSA) is 89.8 Å². The summed E-state index contributed by atoms with van der Waals surface area (Å²) in [6.07, 6.45) is 10.3. The third-order valence-electron chi connectivity index (χ3n) is 9.47.